The number of hydrogen-bond acceptors (Lipinski definition) is 3. The summed E-state index contributed by atoms with van der Waals surface area (Å²) in [6, 6.07) is 8.00. The van der Waals surface area contributed by atoms with Crippen molar-refractivity contribution in [2.75, 3.05) is 0 Å². The van der Waals surface area contributed by atoms with Crippen LogP contribution in [0.1, 0.15) is 16.9 Å². The van der Waals surface area contributed by atoms with Crippen LogP contribution >= 0.6 is 0 Å². The molecule has 0 spiro atoms. The van der Waals surface area contributed by atoms with E-state index in [1.165, 1.54) is 12.1 Å². The van der Waals surface area contributed by atoms with Crippen molar-refractivity contribution in [1.82, 2.24) is 0 Å². The summed E-state index contributed by atoms with van der Waals surface area (Å²) in [6.07, 6.45) is 3.84. The van der Waals surface area contributed by atoms with Crippen molar-refractivity contribution in [3.8, 4) is 0 Å². The van der Waals surface area contributed by atoms with Gasteiger partial charge in [0, 0.05) is 11.6 Å². The van der Waals surface area contributed by atoms with Gasteiger partial charge in [-0.2, -0.15) is 0 Å². The van der Waals surface area contributed by atoms with Gasteiger partial charge in [-0.3, -0.25) is 0 Å². The largest absolute Gasteiger partial charge is 0.478 e. The molecule has 0 aliphatic heterocycles. The van der Waals surface area contributed by atoms with Crippen molar-refractivity contribution in [2.24, 2.45) is 0 Å². The minimum absolute atomic E-state index is 0.120. The van der Waals surface area contributed by atoms with E-state index in [2.05, 4.69) is 0 Å². The van der Waals surface area contributed by atoms with Gasteiger partial charge in [-0.1, -0.05) is 12.1 Å². The highest BCUT2D eigenvalue weighted by Crippen LogP contribution is 2.14. The van der Waals surface area contributed by atoms with E-state index in [0.29, 0.717) is 16.9 Å². The third kappa shape index (κ3) is 4.07. The van der Waals surface area contributed by atoms with Crippen LogP contribution in [0.25, 0.3) is 6.08 Å². The number of ether oxygens (including phenoxy) is 1. The summed E-state index contributed by atoms with van der Waals surface area (Å²) in [4.78, 5) is 10.4. The second kappa shape index (κ2) is 6.68. The van der Waals surface area contributed by atoms with Crippen LogP contribution < -0.4 is 0 Å². The number of hydrogen-bond donors (Lipinski definition) is 1. The first kappa shape index (κ1) is 14.0. The van der Waals surface area contributed by atoms with Crippen molar-refractivity contribution in [2.45, 2.75) is 13.2 Å². The lowest BCUT2D eigenvalue weighted by Crippen LogP contribution is -1.96. The van der Waals surface area contributed by atoms with Gasteiger partial charge >= 0.3 is 5.97 Å². The lowest BCUT2D eigenvalue weighted by Gasteiger charge is -2.05. The van der Waals surface area contributed by atoms with Gasteiger partial charge in [0.15, 0.2) is 0 Å². The van der Waals surface area contributed by atoms with Gasteiger partial charge in [0.25, 0.3) is 0 Å². The first-order chi connectivity index (χ1) is 9.65. The Hall–Kier alpha value is -2.40. The lowest BCUT2D eigenvalue weighted by atomic mass is 10.1. The van der Waals surface area contributed by atoms with E-state index in [4.69, 9.17) is 14.3 Å². The van der Waals surface area contributed by atoms with E-state index in [1.54, 1.807) is 30.5 Å². The van der Waals surface area contributed by atoms with Crippen molar-refractivity contribution in [3.63, 3.8) is 0 Å². The molecule has 20 heavy (non-hydrogen) atoms. The molecule has 1 aromatic carbocycles. The predicted molar refractivity (Wildman–Crippen MR) is 70.3 cm³/mol. The van der Waals surface area contributed by atoms with Crippen molar-refractivity contribution in [3.05, 3.63) is 65.4 Å². The monoisotopic (exact) mass is 276 g/mol. The summed E-state index contributed by atoms with van der Waals surface area (Å²) >= 11 is 0. The molecule has 4 nitrogen and oxygen atoms in total. The second-order valence-corrected chi connectivity index (χ2v) is 4.09. The Bertz CT molecular complexity index is 602. The molecule has 0 radical (unpaired) electrons. The molecule has 0 atom stereocenters. The molecule has 0 bridgehead atoms. The summed E-state index contributed by atoms with van der Waals surface area (Å²) < 4.78 is 24.2. The SMILES string of the molecule is O=C(O)C=Cc1ccc(COCc2ccco2)c(F)c1. The number of rotatable bonds is 6. The topological polar surface area (TPSA) is 59.7 Å². The number of carbonyl (C=O) groups is 1. The highest BCUT2D eigenvalue weighted by molar-refractivity contribution is 5.85. The Balaban J connectivity index is 1.93. The van der Waals surface area contributed by atoms with E-state index in [0.717, 1.165) is 6.08 Å². The number of benzene rings is 1. The fourth-order valence-electron chi connectivity index (χ4n) is 1.61. The fourth-order valence-corrected chi connectivity index (χ4v) is 1.61. The first-order valence-electron chi connectivity index (χ1n) is 5.95. The average molecular weight is 276 g/mol. The summed E-state index contributed by atoms with van der Waals surface area (Å²) in [7, 11) is 0. The quantitative estimate of drug-likeness (QED) is 0.823. The predicted octanol–water partition coefficient (Wildman–Crippen LogP) is 3.23. The van der Waals surface area contributed by atoms with Gasteiger partial charge in [-0.25, -0.2) is 9.18 Å². The number of carboxylic acid groups (broad SMARTS) is 1. The molecule has 104 valence electrons. The molecule has 1 heterocycles. The molecule has 1 aromatic heterocycles. The molecule has 0 aliphatic carbocycles. The average Bonchev–Trinajstić information content (AvgIpc) is 2.92. The van der Waals surface area contributed by atoms with Crippen LogP contribution in [0, 0.1) is 5.82 Å². The zero-order valence-corrected chi connectivity index (χ0v) is 10.6. The Labute approximate surface area is 115 Å². The Kier molecular flexibility index (Phi) is 4.68. The highest BCUT2D eigenvalue weighted by Gasteiger charge is 2.04. The van der Waals surface area contributed by atoms with Crippen LogP contribution in [0.15, 0.2) is 47.1 Å². The van der Waals surface area contributed by atoms with Crippen LogP contribution in [0.4, 0.5) is 4.39 Å². The molecule has 2 rings (SSSR count). The van der Waals surface area contributed by atoms with Crippen LogP contribution in [0.2, 0.25) is 0 Å². The van der Waals surface area contributed by atoms with Crippen LogP contribution in [0.5, 0.6) is 0 Å². The third-order valence-electron chi connectivity index (χ3n) is 2.58. The third-order valence-corrected chi connectivity index (χ3v) is 2.58. The Morgan fingerprint density at radius 3 is 2.85 bits per heavy atom. The van der Waals surface area contributed by atoms with Crippen molar-refractivity contribution < 1.29 is 23.4 Å². The standard InChI is InChI=1S/C15H13FO4/c16-14-8-11(4-6-15(17)18)3-5-12(14)9-19-10-13-2-1-7-20-13/h1-8H,9-10H2,(H,17,18). The molecule has 5 heteroatoms. The van der Waals surface area contributed by atoms with Gasteiger partial charge in [0.2, 0.25) is 0 Å². The van der Waals surface area contributed by atoms with Gasteiger partial charge in [0.1, 0.15) is 18.2 Å². The van der Waals surface area contributed by atoms with E-state index in [1.807, 2.05) is 0 Å². The maximum absolute atomic E-state index is 13.8. The molecule has 0 amide bonds. The van der Waals surface area contributed by atoms with Crippen molar-refractivity contribution >= 4 is 12.0 Å². The molecule has 2 aromatic rings. The van der Waals surface area contributed by atoms with Crippen LogP contribution in [-0.2, 0) is 22.7 Å². The maximum Gasteiger partial charge on any atom is 0.328 e. The normalized spacial score (nSPS) is 11.1. The van der Waals surface area contributed by atoms with E-state index in [-0.39, 0.29) is 13.2 Å². The Morgan fingerprint density at radius 1 is 1.35 bits per heavy atom. The highest BCUT2D eigenvalue weighted by atomic mass is 19.1. The summed E-state index contributed by atoms with van der Waals surface area (Å²) in [5.74, 6) is -0.834. The second-order valence-electron chi connectivity index (χ2n) is 4.09. The van der Waals surface area contributed by atoms with Gasteiger partial charge in [0.05, 0.1) is 12.9 Å². The van der Waals surface area contributed by atoms with E-state index < -0.39 is 11.8 Å². The first-order valence-corrected chi connectivity index (χ1v) is 5.95. The molecular formula is C15H13FO4. The molecule has 0 aliphatic rings. The summed E-state index contributed by atoms with van der Waals surface area (Å²) in [6.45, 7) is 0.391. The van der Waals surface area contributed by atoms with E-state index >= 15 is 0 Å². The fraction of sp³-hybridized carbons (Fsp3) is 0.133. The summed E-state index contributed by atoms with van der Waals surface area (Å²) in [5.41, 5.74) is 0.892. The lowest BCUT2D eigenvalue weighted by molar-refractivity contribution is -0.131. The van der Waals surface area contributed by atoms with E-state index in [9.17, 15) is 9.18 Å². The molecule has 1 N–H and O–H groups in total. The molecule has 0 fully saturated rings. The van der Waals surface area contributed by atoms with Gasteiger partial charge in [-0.15, -0.1) is 0 Å². The molecule has 0 unspecified atom stereocenters. The zero-order chi connectivity index (χ0) is 14.4. The maximum atomic E-state index is 13.8. The van der Waals surface area contributed by atoms with Crippen LogP contribution in [0.3, 0.4) is 0 Å². The zero-order valence-electron chi connectivity index (χ0n) is 10.6. The van der Waals surface area contributed by atoms with Crippen molar-refractivity contribution in [1.29, 1.82) is 0 Å². The molecular weight excluding hydrogens is 263 g/mol. The number of halogens is 1. The number of carboxylic acids is 1. The van der Waals surface area contributed by atoms with Gasteiger partial charge in [-0.05, 0) is 29.8 Å². The molecule has 0 saturated heterocycles. The Morgan fingerprint density at radius 2 is 2.20 bits per heavy atom. The minimum atomic E-state index is -1.07. The smallest absolute Gasteiger partial charge is 0.328 e. The number of furan rings is 1. The van der Waals surface area contributed by atoms with Crippen LogP contribution in [-0.4, -0.2) is 11.1 Å². The summed E-state index contributed by atoms with van der Waals surface area (Å²) in [5, 5.41) is 8.50. The molecule has 0 saturated carbocycles. The van der Waals surface area contributed by atoms with Gasteiger partial charge < -0.3 is 14.3 Å². The minimum Gasteiger partial charge on any atom is -0.478 e. The number of aliphatic carboxylic acids is 1.